The maximum Gasteiger partial charge on any atom is 0.573 e. The minimum atomic E-state index is -4.75. The number of ether oxygens (including phenoxy) is 1. The number of fused-ring (bicyclic) bond motifs is 1. The number of hydrogen-bond donors (Lipinski definition) is 0. The summed E-state index contributed by atoms with van der Waals surface area (Å²) in [6.45, 7) is 5.25. The number of carbonyl (C=O) groups excluding carboxylic acids is 1. The van der Waals surface area contributed by atoms with Gasteiger partial charge < -0.3 is 9.64 Å². The first-order chi connectivity index (χ1) is 18.1. The molecule has 1 amide bonds. The number of benzene rings is 2. The molecule has 2 aliphatic heterocycles. The van der Waals surface area contributed by atoms with Crippen molar-refractivity contribution in [2.75, 3.05) is 6.54 Å². The van der Waals surface area contributed by atoms with Gasteiger partial charge in [-0.15, -0.1) is 13.2 Å². The van der Waals surface area contributed by atoms with Crippen molar-refractivity contribution >= 4 is 29.3 Å². The van der Waals surface area contributed by atoms with Crippen LogP contribution in [0.4, 0.5) is 13.2 Å². The number of rotatable bonds is 6. The SMILES string of the molecule is C=C1C=CC=C(CC2C=C(c3cc(Cl)c4c(c3)CN(Cc3ccc(OC(F)(F)F)cc3)C4=O)C=NC2)C=C1. The lowest BCUT2D eigenvalue weighted by atomic mass is 9.91. The van der Waals surface area contributed by atoms with E-state index in [1.165, 1.54) is 29.8 Å². The van der Waals surface area contributed by atoms with Crippen LogP contribution in [0.25, 0.3) is 5.57 Å². The molecule has 2 heterocycles. The van der Waals surface area contributed by atoms with Crippen molar-refractivity contribution in [3.05, 3.63) is 118 Å². The summed E-state index contributed by atoms with van der Waals surface area (Å²) in [5.74, 6) is -0.294. The zero-order valence-electron chi connectivity index (χ0n) is 20.3. The van der Waals surface area contributed by atoms with E-state index in [1.54, 1.807) is 11.0 Å². The van der Waals surface area contributed by atoms with Crippen molar-refractivity contribution in [1.82, 2.24) is 4.90 Å². The summed E-state index contributed by atoms with van der Waals surface area (Å²) >= 11 is 6.59. The lowest BCUT2D eigenvalue weighted by Gasteiger charge is -2.17. The Morgan fingerprint density at radius 1 is 1.13 bits per heavy atom. The van der Waals surface area contributed by atoms with Crippen LogP contribution in [-0.2, 0) is 13.1 Å². The van der Waals surface area contributed by atoms with Crippen LogP contribution < -0.4 is 4.74 Å². The van der Waals surface area contributed by atoms with Crippen molar-refractivity contribution in [3.63, 3.8) is 0 Å². The minimum absolute atomic E-state index is 0.210. The average molecular weight is 537 g/mol. The van der Waals surface area contributed by atoms with Crippen molar-refractivity contribution in [2.45, 2.75) is 25.9 Å². The topological polar surface area (TPSA) is 41.9 Å². The Morgan fingerprint density at radius 2 is 1.92 bits per heavy atom. The van der Waals surface area contributed by atoms with Crippen molar-refractivity contribution in [1.29, 1.82) is 0 Å². The lowest BCUT2D eigenvalue weighted by Crippen LogP contribution is -2.23. The largest absolute Gasteiger partial charge is 0.573 e. The zero-order chi connectivity index (χ0) is 26.9. The molecule has 5 rings (SSSR count). The molecule has 0 radical (unpaired) electrons. The number of dihydropyridines is 1. The van der Waals surface area contributed by atoms with Crippen LogP contribution >= 0.6 is 11.6 Å². The predicted octanol–water partition coefficient (Wildman–Crippen LogP) is 7.48. The van der Waals surface area contributed by atoms with Gasteiger partial charge >= 0.3 is 6.36 Å². The molecule has 0 saturated heterocycles. The van der Waals surface area contributed by atoms with Gasteiger partial charge in [0.2, 0.25) is 0 Å². The summed E-state index contributed by atoms with van der Waals surface area (Å²) in [6.07, 6.45) is 10.3. The van der Waals surface area contributed by atoms with Crippen LogP contribution in [0.1, 0.15) is 33.5 Å². The van der Waals surface area contributed by atoms with Gasteiger partial charge in [0.25, 0.3) is 5.91 Å². The fourth-order valence-corrected chi connectivity index (χ4v) is 5.08. The van der Waals surface area contributed by atoms with Crippen LogP contribution in [0.15, 0.2) is 95.6 Å². The van der Waals surface area contributed by atoms with Crippen LogP contribution in [-0.4, -0.2) is 29.9 Å². The molecule has 2 aromatic carbocycles. The van der Waals surface area contributed by atoms with Gasteiger partial charge in [-0.3, -0.25) is 9.79 Å². The number of hydrogen-bond acceptors (Lipinski definition) is 3. The van der Waals surface area contributed by atoms with Gasteiger partial charge in [-0.25, -0.2) is 0 Å². The fraction of sp³-hybridized carbons (Fsp3) is 0.200. The number of allylic oxidation sites excluding steroid dienone is 8. The maximum atomic E-state index is 13.1. The smallest absolute Gasteiger partial charge is 0.406 e. The molecule has 0 N–H and O–H groups in total. The molecule has 194 valence electrons. The third kappa shape index (κ3) is 6.00. The second-order valence-electron chi connectivity index (χ2n) is 9.43. The molecule has 0 spiro atoms. The second-order valence-corrected chi connectivity index (χ2v) is 9.84. The quantitative estimate of drug-likeness (QED) is 0.384. The normalized spacial score (nSPS) is 18.8. The summed E-state index contributed by atoms with van der Waals surface area (Å²) in [6, 6.07) is 9.26. The lowest BCUT2D eigenvalue weighted by molar-refractivity contribution is -0.274. The molecular weight excluding hydrogens is 513 g/mol. The van der Waals surface area contributed by atoms with Crippen molar-refractivity contribution in [2.24, 2.45) is 10.9 Å². The monoisotopic (exact) mass is 536 g/mol. The highest BCUT2D eigenvalue weighted by Crippen LogP contribution is 2.35. The van der Waals surface area contributed by atoms with E-state index in [9.17, 15) is 18.0 Å². The number of halogens is 4. The van der Waals surface area contributed by atoms with E-state index in [0.717, 1.165) is 28.7 Å². The van der Waals surface area contributed by atoms with Crippen LogP contribution in [0.3, 0.4) is 0 Å². The van der Waals surface area contributed by atoms with Crippen LogP contribution in [0.2, 0.25) is 5.02 Å². The highest BCUT2D eigenvalue weighted by atomic mass is 35.5. The first kappa shape index (κ1) is 25.8. The Morgan fingerprint density at radius 3 is 2.68 bits per heavy atom. The first-order valence-electron chi connectivity index (χ1n) is 12.1. The van der Waals surface area contributed by atoms with E-state index < -0.39 is 6.36 Å². The predicted molar refractivity (Wildman–Crippen MR) is 143 cm³/mol. The molecule has 0 fully saturated rings. The molecule has 0 bridgehead atoms. The molecule has 4 nitrogen and oxygen atoms in total. The highest BCUT2D eigenvalue weighted by molar-refractivity contribution is 6.34. The van der Waals surface area contributed by atoms with Gasteiger partial charge in [-0.1, -0.05) is 66.8 Å². The Bertz CT molecular complexity index is 1430. The second kappa shape index (κ2) is 10.5. The molecular formula is C30H24ClF3N2O2. The summed E-state index contributed by atoms with van der Waals surface area (Å²) in [7, 11) is 0. The zero-order valence-corrected chi connectivity index (χ0v) is 21.1. The molecule has 8 heteroatoms. The molecule has 0 saturated carbocycles. The van der Waals surface area contributed by atoms with E-state index >= 15 is 0 Å². The van der Waals surface area contributed by atoms with Gasteiger partial charge in [0.05, 0.1) is 10.6 Å². The van der Waals surface area contributed by atoms with E-state index in [4.69, 9.17) is 11.6 Å². The summed E-state index contributed by atoms with van der Waals surface area (Å²) in [5, 5.41) is 0.369. The maximum absolute atomic E-state index is 13.1. The Balaban J connectivity index is 1.31. The number of aliphatic imine (C=N–C) groups is 1. The van der Waals surface area contributed by atoms with E-state index in [2.05, 4.69) is 34.5 Å². The average Bonchev–Trinajstić information content (AvgIpc) is 3.03. The number of carbonyl (C=O) groups is 1. The number of alkyl halides is 3. The third-order valence-electron chi connectivity index (χ3n) is 6.51. The fourth-order valence-electron chi connectivity index (χ4n) is 4.76. The summed E-state index contributed by atoms with van der Waals surface area (Å²) in [5.41, 5.74) is 5.95. The molecule has 1 unspecified atom stereocenters. The van der Waals surface area contributed by atoms with Gasteiger partial charge in [0.15, 0.2) is 0 Å². The third-order valence-corrected chi connectivity index (χ3v) is 6.81. The number of nitrogens with zero attached hydrogens (tertiary/aromatic N) is 2. The molecule has 1 aliphatic carbocycles. The van der Waals surface area contributed by atoms with Gasteiger partial charge in [0, 0.05) is 31.8 Å². The summed E-state index contributed by atoms with van der Waals surface area (Å²) in [4.78, 5) is 19.3. The molecule has 0 aromatic heterocycles. The van der Waals surface area contributed by atoms with Gasteiger partial charge in [0.1, 0.15) is 5.75 Å². The minimum Gasteiger partial charge on any atom is -0.406 e. The Labute approximate surface area is 223 Å². The Kier molecular flexibility index (Phi) is 7.13. The van der Waals surface area contributed by atoms with Crippen LogP contribution in [0, 0.1) is 5.92 Å². The molecule has 1 atom stereocenters. The molecule has 3 aliphatic rings. The Hall–Kier alpha value is -3.84. The van der Waals surface area contributed by atoms with Crippen molar-refractivity contribution < 1.29 is 22.7 Å². The summed E-state index contributed by atoms with van der Waals surface area (Å²) < 4.78 is 41.2. The molecule has 2 aromatic rings. The van der Waals surface area contributed by atoms with E-state index in [-0.39, 0.29) is 24.1 Å². The van der Waals surface area contributed by atoms with Crippen molar-refractivity contribution in [3.8, 4) is 5.75 Å². The van der Waals surface area contributed by atoms with Gasteiger partial charge in [-0.2, -0.15) is 0 Å². The van der Waals surface area contributed by atoms with E-state index in [0.29, 0.717) is 29.2 Å². The standard InChI is InChI=1S/C30H24ClF3N2O2/c1-19-3-2-4-20(6-5-19)11-22-12-24(16-35-15-22)23-13-25-18-36(29(37)28(25)27(31)14-23)17-21-7-9-26(10-8-21)38-30(32,33)34/h2-10,12-14,16,22H,1,11,15,17-18H2. The van der Waals surface area contributed by atoms with Gasteiger partial charge in [-0.05, 0) is 64.1 Å². The van der Waals surface area contributed by atoms with E-state index in [1.807, 2.05) is 30.5 Å². The number of amides is 1. The molecule has 38 heavy (non-hydrogen) atoms. The highest BCUT2D eigenvalue weighted by Gasteiger charge is 2.32. The van der Waals surface area contributed by atoms with Crippen LogP contribution in [0.5, 0.6) is 5.75 Å². The first-order valence-corrected chi connectivity index (χ1v) is 12.4.